The van der Waals surface area contributed by atoms with Crippen molar-refractivity contribution in [3.63, 3.8) is 0 Å². The Bertz CT molecular complexity index is 1320. The number of hydrogen-bond acceptors (Lipinski definition) is 5. The molecule has 3 aromatic carbocycles. The highest BCUT2D eigenvalue weighted by molar-refractivity contribution is 6.39. The number of nitrogens with zero attached hydrogens (tertiary/aromatic N) is 1. The highest BCUT2D eigenvalue weighted by Crippen LogP contribution is 2.31. The molecule has 0 aromatic heterocycles. The number of imide groups is 2. The summed E-state index contributed by atoms with van der Waals surface area (Å²) in [5.74, 6) is -0.602. The fourth-order valence-corrected chi connectivity index (χ4v) is 3.78. The van der Waals surface area contributed by atoms with Crippen LogP contribution in [0.2, 0.25) is 10.0 Å². The van der Waals surface area contributed by atoms with Crippen LogP contribution in [0.25, 0.3) is 6.08 Å². The Hall–Kier alpha value is -3.81. The van der Waals surface area contributed by atoms with Gasteiger partial charge in [-0.2, -0.15) is 0 Å². The molecule has 0 atom stereocenters. The maximum atomic E-state index is 13.1. The molecular weight excluding hydrogens is 491 g/mol. The third-order valence-electron chi connectivity index (χ3n) is 5.05. The van der Waals surface area contributed by atoms with E-state index in [2.05, 4.69) is 5.32 Å². The number of nitrogens with one attached hydrogen (secondary N) is 1. The maximum absolute atomic E-state index is 13.1. The van der Waals surface area contributed by atoms with Crippen molar-refractivity contribution >= 4 is 52.8 Å². The van der Waals surface area contributed by atoms with Crippen molar-refractivity contribution in [2.24, 2.45) is 0 Å². The topological polar surface area (TPSA) is 84.9 Å². The van der Waals surface area contributed by atoms with E-state index >= 15 is 0 Å². The fourth-order valence-electron chi connectivity index (χ4n) is 3.44. The van der Waals surface area contributed by atoms with Crippen LogP contribution < -0.4 is 19.7 Å². The normalized spacial score (nSPS) is 14.8. The predicted molar refractivity (Wildman–Crippen MR) is 134 cm³/mol. The quantitative estimate of drug-likeness (QED) is 0.328. The summed E-state index contributed by atoms with van der Waals surface area (Å²) in [4.78, 5) is 38.8. The van der Waals surface area contributed by atoms with Crippen LogP contribution >= 0.6 is 23.2 Å². The molecule has 9 heteroatoms. The summed E-state index contributed by atoms with van der Waals surface area (Å²) in [6.07, 6.45) is 1.40. The van der Waals surface area contributed by atoms with Crippen LogP contribution in [0.4, 0.5) is 10.5 Å². The Balaban J connectivity index is 1.61. The Kier molecular flexibility index (Phi) is 7.39. The van der Waals surface area contributed by atoms with Gasteiger partial charge in [-0.15, -0.1) is 0 Å². The molecule has 7 nitrogen and oxygen atoms in total. The molecule has 1 aliphatic rings. The average Bonchev–Trinajstić information content (AvgIpc) is 2.82. The summed E-state index contributed by atoms with van der Waals surface area (Å²) >= 11 is 11.9. The Labute approximate surface area is 211 Å². The predicted octanol–water partition coefficient (Wildman–Crippen LogP) is 5.64. The van der Waals surface area contributed by atoms with Gasteiger partial charge in [0.05, 0.1) is 12.3 Å². The van der Waals surface area contributed by atoms with Gasteiger partial charge in [0, 0.05) is 10.0 Å². The van der Waals surface area contributed by atoms with E-state index in [4.69, 9.17) is 32.7 Å². The summed E-state index contributed by atoms with van der Waals surface area (Å²) in [6, 6.07) is 17.7. The second-order valence-electron chi connectivity index (χ2n) is 7.49. The number of hydrogen-bond donors (Lipinski definition) is 1. The summed E-state index contributed by atoms with van der Waals surface area (Å²) in [6.45, 7) is 2.49. The molecule has 1 fully saturated rings. The van der Waals surface area contributed by atoms with Gasteiger partial charge in [-0.1, -0.05) is 41.4 Å². The van der Waals surface area contributed by atoms with Crippen LogP contribution in [0.15, 0.2) is 72.3 Å². The number of halogens is 2. The van der Waals surface area contributed by atoms with Crippen molar-refractivity contribution in [3.05, 3.63) is 93.5 Å². The molecule has 1 saturated heterocycles. The minimum absolute atomic E-state index is 0.199. The average molecular weight is 511 g/mol. The zero-order chi connectivity index (χ0) is 24.9. The molecule has 1 heterocycles. The van der Waals surface area contributed by atoms with Gasteiger partial charge in [0.15, 0.2) is 11.5 Å². The van der Waals surface area contributed by atoms with Gasteiger partial charge in [0.25, 0.3) is 11.8 Å². The first-order chi connectivity index (χ1) is 16.9. The first kappa shape index (κ1) is 24.3. The Morgan fingerprint density at radius 3 is 2.37 bits per heavy atom. The number of amides is 4. The standard InChI is InChI=1S/C26H20Cl2N2O5/c1-2-34-23-14-16(6-11-22(23)35-15-17-4-3-5-19(28)12-17)13-21-24(31)29-26(33)30(25(21)32)20-9-7-18(27)8-10-20/h3-14H,2,15H2,1H3,(H,29,31,33)/b21-13+. The van der Waals surface area contributed by atoms with E-state index in [-0.39, 0.29) is 17.9 Å². The van der Waals surface area contributed by atoms with Crippen LogP contribution in [-0.4, -0.2) is 24.5 Å². The van der Waals surface area contributed by atoms with Gasteiger partial charge in [0.2, 0.25) is 0 Å². The van der Waals surface area contributed by atoms with Crippen molar-refractivity contribution in [1.82, 2.24) is 5.32 Å². The van der Waals surface area contributed by atoms with E-state index in [0.717, 1.165) is 10.5 Å². The monoisotopic (exact) mass is 510 g/mol. The third-order valence-corrected chi connectivity index (χ3v) is 5.54. The van der Waals surface area contributed by atoms with E-state index in [9.17, 15) is 14.4 Å². The van der Waals surface area contributed by atoms with Crippen molar-refractivity contribution in [3.8, 4) is 11.5 Å². The molecule has 0 radical (unpaired) electrons. The van der Waals surface area contributed by atoms with Gasteiger partial charge < -0.3 is 9.47 Å². The van der Waals surface area contributed by atoms with E-state index in [1.54, 1.807) is 36.4 Å². The third kappa shape index (κ3) is 5.65. The highest BCUT2D eigenvalue weighted by atomic mass is 35.5. The van der Waals surface area contributed by atoms with E-state index < -0.39 is 17.8 Å². The van der Waals surface area contributed by atoms with Gasteiger partial charge >= 0.3 is 6.03 Å². The fraction of sp³-hybridized carbons (Fsp3) is 0.115. The van der Waals surface area contributed by atoms with Crippen molar-refractivity contribution in [1.29, 1.82) is 0 Å². The summed E-state index contributed by atoms with van der Waals surface area (Å²) in [5.41, 5.74) is 1.50. The highest BCUT2D eigenvalue weighted by Gasteiger charge is 2.36. The van der Waals surface area contributed by atoms with E-state index in [1.807, 2.05) is 25.1 Å². The Morgan fingerprint density at radius 1 is 0.886 bits per heavy atom. The minimum Gasteiger partial charge on any atom is -0.490 e. The van der Waals surface area contributed by atoms with Gasteiger partial charge in [0.1, 0.15) is 12.2 Å². The number of ether oxygens (including phenoxy) is 2. The lowest BCUT2D eigenvalue weighted by molar-refractivity contribution is -0.122. The molecule has 4 rings (SSSR count). The number of carbonyl (C=O) groups excluding carboxylic acids is 3. The molecule has 0 aliphatic carbocycles. The number of carbonyl (C=O) groups is 3. The second kappa shape index (κ2) is 10.6. The zero-order valence-corrected chi connectivity index (χ0v) is 20.1. The lowest BCUT2D eigenvalue weighted by atomic mass is 10.1. The van der Waals surface area contributed by atoms with Gasteiger partial charge in [-0.3, -0.25) is 14.9 Å². The summed E-state index contributed by atoms with van der Waals surface area (Å²) in [5, 5.41) is 3.26. The number of rotatable bonds is 7. The lowest BCUT2D eigenvalue weighted by Gasteiger charge is -2.26. The largest absolute Gasteiger partial charge is 0.490 e. The number of urea groups is 1. The van der Waals surface area contributed by atoms with Crippen LogP contribution in [0.1, 0.15) is 18.1 Å². The van der Waals surface area contributed by atoms with Crippen LogP contribution in [0.5, 0.6) is 11.5 Å². The molecule has 0 saturated carbocycles. The second-order valence-corrected chi connectivity index (χ2v) is 8.36. The van der Waals surface area contributed by atoms with Crippen LogP contribution in [0, 0.1) is 0 Å². The van der Waals surface area contributed by atoms with Crippen LogP contribution in [-0.2, 0) is 16.2 Å². The first-order valence-corrected chi connectivity index (χ1v) is 11.4. The van der Waals surface area contributed by atoms with Crippen LogP contribution in [0.3, 0.4) is 0 Å². The molecule has 1 N–H and O–H groups in total. The molecule has 0 bridgehead atoms. The molecule has 0 spiro atoms. The number of benzene rings is 3. The molecule has 3 aromatic rings. The molecular formula is C26H20Cl2N2O5. The minimum atomic E-state index is -0.834. The molecule has 178 valence electrons. The smallest absolute Gasteiger partial charge is 0.335 e. The van der Waals surface area contributed by atoms with Crippen molar-refractivity contribution in [2.75, 3.05) is 11.5 Å². The number of anilines is 1. The van der Waals surface area contributed by atoms with Crippen molar-refractivity contribution in [2.45, 2.75) is 13.5 Å². The van der Waals surface area contributed by atoms with Gasteiger partial charge in [-0.05, 0) is 72.7 Å². The van der Waals surface area contributed by atoms with Crippen molar-refractivity contribution < 1.29 is 23.9 Å². The first-order valence-electron chi connectivity index (χ1n) is 10.7. The molecule has 0 unspecified atom stereocenters. The SMILES string of the molecule is CCOc1cc(/C=C2\C(=O)NC(=O)N(c3ccc(Cl)cc3)C2=O)ccc1OCc1cccc(Cl)c1. The molecule has 35 heavy (non-hydrogen) atoms. The lowest BCUT2D eigenvalue weighted by Crippen LogP contribution is -2.54. The van der Waals surface area contributed by atoms with Gasteiger partial charge in [-0.25, -0.2) is 9.69 Å². The Morgan fingerprint density at radius 2 is 1.66 bits per heavy atom. The van der Waals surface area contributed by atoms with E-state index in [0.29, 0.717) is 33.7 Å². The molecule has 1 aliphatic heterocycles. The van der Waals surface area contributed by atoms with E-state index in [1.165, 1.54) is 18.2 Å². The number of barbiturate groups is 1. The molecule has 4 amide bonds. The zero-order valence-electron chi connectivity index (χ0n) is 18.6. The summed E-state index contributed by atoms with van der Waals surface area (Å²) < 4.78 is 11.6. The summed E-state index contributed by atoms with van der Waals surface area (Å²) in [7, 11) is 0. The maximum Gasteiger partial charge on any atom is 0.335 e.